The van der Waals surface area contributed by atoms with Gasteiger partial charge in [-0.1, -0.05) is 26.0 Å². The molecule has 0 radical (unpaired) electrons. The highest BCUT2D eigenvalue weighted by Gasteiger charge is 2.24. The molecule has 0 atom stereocenters. The lowest BCUT2D eigenvalue weighted by Gasteiger charge is -2.10. The molecule has 3 rings (SSSR count). The van der Waals surface area contributed by atoms with Gasteiger partial charge in [0.05, 0.1) is 13.2 Å². The van der Waals surface area contributed by atoms with E-state index < -0.39 is 11.5 Å². The van der Waals surface area contributed by atoms with E-state index in [2.05, 4.69) is 4.98 Å². The summed E-state index contributed by atoms with van der Waals surface area (Å²) in [5.41, 5.74) is 2.20. The fourth-order valence-electron chi connectivity index (χ4n) is 3.35. The van der Waals surface area contributed by atoms with Gasteiger partial charge in [-0.3, -0.25) is 14.2 Å². The summed E-state index contributed by atoms with van der Waals surface area (Å²) in [6.07, 6.45) is 2.80. The van der Waals surface area contributed by atoms with E-state index in [4.69, 9.17) is 9.15 Å². The molecule has 0 fully saturated rings. The van der Waals surface area contributed by atoms with Crippen molar-refractivity contribution in [3.63, 3.8) is 0 Å². The maximum atomic E-state index is 13.0. The third-order valence-corrected chi connectivity index (χ3v) is 4.91. The number of aryl methyl sites for hydroxylation is 3. The van der Waals surface area contributed by atoms with Crippen LogP contribution in [0, 0.1) is 6.92 Å². The Hall–Kier alpha value is -3.22. The average Bonchev–Trinajstić information content (AvgIpc) is 3.06. The predicted molar refractivity (Wildman–Crippen MR) is 108 cm³/mol. The van der Waals surface area contributed by atoms with Crippen LogP contribution < -0.4 is 5.56 Å². The van der Waals surface area contributed by atoms with Crippen molar-refractivity contribution in [2.75, 3.05) is 6.61 Å². The fourth-order valence-corrected chi connectivity index (χ4v) is 3.35. The van der Waals surface area contributed by atoms with Gasteiger partial charge in [0.15, 0.2) is 5.78 Å². The van der Waals surface area contributed by atoms with Gasteiger partial charge in [-0.2, -0.15) is 0 Å². The van der Waals surface area contributed by atoms with Crippen LogP contribution in [0.2, 0.25) is 0 Å². The van der Waals surface area contributed by atoms with E-state index in [0.29, 0.717) is 12.0 Å². The van der Waals surface area contributed by atoms with Crippen molar-refractivity contribution in [2.24, 2.45) is 0 Å². The molecule has 0 aliphatic heterocycles. The Morgan fingerprint density at radius 2 is 1.93 bits per heavy atom. The highest BCUT2D eigenvalue weighted by Crippen LogP contribution is 2.22. The van der Waals surface area contributed by atoms with Crippen LogP contribution in [-0.4, -0.2) is 27.9 Å². The molecule has 0 saturated heterocycles. The Balaban J connectivity index is 2.05. The summed E-state index contributed by atoms with van der Waals surface area (Å²) in [7, 11) is 0. The summed E-state index contributed by atoms with van der Waals surface area (Å²) < 4.78 is 11.7. The molecule has 2 aromatic heterocycles. The quantitative estimate of drug-likeness (QED) is 0.448. The molecule has 0 N–H and O–H groups in total. The molecule has 0 amide bonds. The smallest absolute Gasteiger partial charge is 0.342 e. The highest BCUT2D eigenvalue weighted by atomic mass is 16.5. The SMILES string of the molecule is CCOC(=O)c1c(C)oc2ncn(CC(=O)c3cc(CC)ccc3CC)c(=O)c12. The van der Waals surface area contributed by atoms with Gasteiger partial charge in [-0.15, -0.1) is 0 Å². The van der Waals surface area contributed by atoms with Gasteiger partial charge < -0.3 is 9.15 Å². The molecule has 7 nitrogen and oxygen atoms in total. The number of aromatic nitrogens is 2. The molecule has 7 heteroatoms. The average molecular weight is 396 g/mol. The largest absolute Gasteiger partial charge is 0.462 e. The van der Waals surface area contributed by atoms with Gasteiger partial charge in [0, 0.05) is 5.56 Å². The number of hydrogen-bond donors (Lipinski definition) is 0. The number of hydrogen-bond acceptors (Lipinski definition) is 6. The molecule has 0 aliphatic carbocycles. The molecule has 2 heterocycles. The number of ether oxygens (including phenoxy) is 1. The lowest BCUT2D eigenvalue weighted by Crippen LogP contribution is -2.26. The molecule has 0 unspecified atom stereocenters. The molecular weight excluding hydrogens is 372 g/mol. The number of rotatable bonds is 7. The molecular formula is C22H24N2O5. The Bertz CT molecular complexity index is 1140. The number of Topliss-reactive ketones (excluding diaryl/α,β-unsaturated/α-hetero) is 1. The monoisotopic (exact) mass is 396 g/mol. The second-order valence-corrected chi connectivity index (χ2v) is 6.73. The number of furan rings is 1. The topological polar surface area (TPSA) is 91.4 Å². The summed E-state index contributed by atoms with van der Waals surface area (Å²) in [5.74, 6) is -0.565. The van der Waals surface area contributed by atoms with Crippen molar-refractivity contribution in [3.8, 4) is 0 Å². The van der Waals surface area contributed by atoms with E-state index in [1.54, 1.807) is 13.8 Å². The number of carbonyl (C=O) groups excluding carboxylic acids is 2. The van der Waals surface area contributed by atoms with Crippen LogP contribution in [0.1, 0.15) is 58.4 Å². The lowest BCUT2D eigenvalue weighted by molar-refractivity contribution is 0.0526. The number of esters is 1. The predicted octanol–water partition coefficient (Wildman–Crippen LogP) is 3.48. The van der Waals surface area contributed by atoms with Crippen LogP contribution in [0.3, 0.4) is 0 Å². The van der Waals surface area contributed by atoms with E-state index in [1.807, 2.05) is 32.0 Å². The molecule has 152 valence electrons. The molecule has 0 aliphatic rings. The summed E-state index contributed by atoms with van der Waals surface area (Å²) in [6, 6.07) is 5.84. The van der Waals surface area contributed by atoms with Crippen molar-refractivity contribution in [2.45, 2.75) is 47.1 Å². The number of fused-ring (bicyclic) bond motifs is 1. The van der Waals surface area contributed by atoms with E-state index in [1.165, 1.54) is 10.9 Å². The van der Waals surface area contributed by atoms with Gasteiger partial charge >= 0.3 is 5.97 Å². The molecule has 0 bridgehead atoms. The van der Waals surface area contributed by atoms with Gasteiger partial charge in [0.25, 0.3) is 5.56 Å². The third-order valence-electron chi connectivity index (χ3n) is 4.91. The first-order valence-electron chi connectivity index (χ1n) is 9.71. The number of ketones is 1. The Morgan fingerprint density at radius 1 is 1.17 bits per heavy atom. The van der Waals surface area contributed by atoms with Crippen molar-refractivity contribution in [1.82, 2.24) is 9.55 Å². The normalized spacial score (nSPS) is 11.0. The van der Waals surface area contributed by atoms with Crippen LogP contribution in [0.5, 0.6) is 0 Å². The minimum absolute atomic E-state index is 0.0364. The summed E-state index contributed by atoms with van der Waals surface area (Å²) in [6.45, 7) is 7.26. The zero-order chi connectivity index (χ0) is 21.1. The summed E-state index contributed by atoms with van der Waals surface area (Å²) >= 11 is 0. The molecule has 1 aromatic carbocycles. The van der Waals surface area contributed by atoms with Crippen LogP contribution >= 0.6 is 0 Å². The fraction of sp³-hybridized carbons (Fsp3) is 0.364. The minimum Gasteiger partial charge on any atom is -0.462 e. The first-order chi connectivity index (χ1) is 13.9. The first kappa shape index (κ1) is 20.5. The van der Waals surface area contributed by atoms with E-state index >= 15 is 0 Å². The Labute approximate surface area is 168 Å². The van der Waals surface area contributed by atoms with Crippen molar-refractivity contribution < 1.29 is 18.7 Å². The highest BCUT2D eigenvalue weighted by molar-refractivity contribution is 6.03. The Morgan fingerprint density at radius 3 is 2.59 bits per heavy atom. The zero-order valence-corrected chi connectivity index (χ0v) is 17.1. The maximum Gasteiger partial charge on any atom is 0.342 e. The number of carbonyl (C=O) groups is 2. The van der Waals surface area contributed by atoms with Gasteiger partial charge in [-0.25, -0.2) is 9.78 Å². The van der Waals surface area contributed by atoms with E-state index in [9.17, 15) is 14.4 Å². The molecule has 0 spiro atoms. The van der Waals surface area contributed by atoms with Gasteiger partial charge in [0.2, 0.25) is 5.71 Å². The van der Waals surface area contributed by atoms with Crippen LogP contribution in [0.25, 0.3) is 11.1 Å². The number of benzene rings is 1. The van der Waals surface area contributed by atoms with Crippen LogP contribution in [-0.2, 0) is 24.1 Å². The molecule has 3 aromatic rings. The number of nitrogens with zero attached hydrogens (tertiary/aromatic N) is 2. The van der Waals surface area contributed by atoms with Crippen molar-refractivity contribution in [1.29, 1.82) is 0 Å². The maximum absolute atomic E-state index is 13.0. The molecule has 0 saturated carbocycles. The first-order valence-corrected chi connectivity index (χ1v) is 9.71. The van der Waals surface area contributed by atoms with Crippen molar-refractivity contribution >= 4 is 22.9 Å². The van der Waals surface area contributed by atoms with Crippen molar-refractivity contribution in [3.05, 3.63) is 62.9 Å². The minimum atomic E-state index is -0.643. The summed E-state index contributed by atoms with van der Waals surface area (Å²) in [5, 5.41) is 0.0364. The van der Waals surface area contributed by atoms with Crippen LogP contribution in [0.4, 0.5) is 0 Å². The zero-order valence-electron chi connectivity index (χ0n) is 17.1. The van der Waals surface area contributed by atoms with Crippen LogP contribution in [0.15, 0.2) is 33.7 Å². The van der Waals surface area contributed by atoms with E-state index in [-0.39, 0.29) is 41.4 Å². The standard InChI is InChI=1S/C22H24N2O5/c1-5-14-8-9-15(6-2)16(10-14)17(25)11-24-12-23-20-19(21(24)26)18(13(4)29-20)22(27)28-7-3/h8-10,12H,5-7,11H2,1-4H3. The second-order valence-electron chi connectivity index (χ2n) is 6.73. The third kappa shape index (κ3) is 3.85. The second kappa shape index (κ2) is 8.43. The summed E-state index contributed by atoms with van der Waals surface area (Å²) in [4.78, 5) is 42.4. The van der Waals surface area contributed by atoms with Gasteiger partial charge in [0.1, 0.15) is 23.0 Å². The van der Waals surface area contributed by atoms with Gasteiger partial charge in [-0.05, 0) is 43.9 Å². The Kier molecular flexibility index (Phi) is 5.96. The van der Waals surface area contributed by atoms with E-state index in [0.717, 1.165) is 17.5 Å². The lowest BCUT2D eigenvalue weighted by atomic mass is 9.97. The molecule has 29 heavy (non-hydrogen) atoms.